The molecule has 1 spiro atoms. The molecule has 3 heteroatoms. The van der Waals surface area contributed by atoms with Crippen LogP contribution in [0.2, 0.25) is 0 Å². The highest BCUT2D eigenvalue weighted by atomic mass is 32.2. The molecule has 2 aliphatic carbocycles. The zero-order chi connectivity index (χ0) is 43.0. The minimum atomic E-state index is -0.547. The van der Waals surface area contributed by atoms with E-state index in [4.69, 9.17) is 0 Å². The Labute approximate surface area is 383 Å². The highest BCUT2D eigenvalue weighted by Gasteiger charge is 2.49. The Balaban J connectivity index is 1.04. The van der Waals surface area contributed by atoms with Crippen LogP contribution < -0.4 is 4.90 Å². The lowest BCUT2D eigenvalue weighted by atomic mass is 9.59. The average molecular weight is 847 g/mol. The Hall–Kier alpha value is -7.59. The summed E-state index contributed by atoms with van der Waals surface area (Å²) >= 11 is 1.89. The summed E-state index contributed by atoms with van der Waals surface area (Å²) in [7, 11) is 0. The van der Waals surface area contributed by atoms with Crippen LogP contribution in [0, 0.1) is 0 Å². The molecule has 0 radical (unpaired) electrons. The van der Waals surface area contributed by atoms with Crippen LogP contribution in [-0.4, -0.2) is 4.57 Å². The molecule has 1 unspecified atom stereocenters. The first-order valence-electron chi connectivity index (χ1n) is 22.7. The van der Waals surface area contributed by atoms with Crippen LogP contribution in [0.1, 0.15) is 47.2 Å². The van der Waals surface area contributed by atoms with Crippen molar-refractivity contribution in [2.45, 2.75) is 34.5 Å². The van der Waals surface area contributed by atoms with Gasteiger partial charge in [0.05, 0.1) is 22.1 Å². The SMILES string of the molecule is CC1(C)c2ccccc2-c2c(-n3c4ccccc4c4ccc(N(c5ccccc5)c5ccc6c(c5)C5(c7ccccc7S6)c6ccccc6-c6cccc7cccc5c67)cc43)cccc21. The van der Waals surface area contributed by atoms with E-state index in [1.807, 2.05) is 11.8 Å². The van der Waals surface area contributed by atoms with E-state index in [1.54, 1.807) is 0 Å². The number of para-hydroxylation sites is 2. The molecule has 0 saturated heterocycles. The third-order valence-corrected chi connectivity index (χ3v) is 16.0. The van der Waals surface area contributed by atoms with Gasteiger partial charge in [0.2, 0.25) is 0 Å². The van der Waals surface area contributed by atoms with Crippen LogP contribution in [0.5, 0.6) is 0 Å². The van der Waals surface area contributed by atoms with Gasteiger partial charge in [-0.1, -0.05) is 183 Å². The average Bonchev–Trinajstić information content (AvgIpc) is 3.81. The summed E-state index contributed by atoms with van der Waals surface area (Å²) in [6.45, 7) is 4.74. The van der Waals surface area contributed by atoms with E-state index in [0.29, 0.717) is 0 Å². The molecule has 0 amide bonds. The number of benzene rings is 10. The fraction of sp³-hybridized carbons (Fsp3) is 0.0645. The minimum Gasteiger partial charge on any atom is -0.310 e. The smallest absolute Gasteiger partial charge is 0.0736 e. The molecule has 306 valence electrons. The van der Waals surface area contributed by atoms with E-state index in [9.17, 15) is 0 Å². The number of anilines is 3. The minimum absolute atomic E-state index is 0.106. The Morgan fingerprint density at radius 2 is 1.02 bits per heavy atom. The second kappa shape index (κ2) is 13.5. The van der Waals surface area contributed by atoms with Crippen molar-refractivity contribution in [1.82, 2.24) is 4.57 Å². The van der Waals surface area contributed by atoms with Crippen LogP contribution in [-0.2, 0) is 10.8 Å². The van der Waals surface area contributed by atoms with Gasteiger partial charge in [0, 0.05) is 48.6 Å². The van der Waals surface area contributed by atoms with Gasteiger partial charge in [-0.05, 0) is 122 Å². The summed E-state index contributed by atoms with van der Waals surface area (Å²) in [6.07, 6.45) is 0. The number of nitrogens with zero attached hydrogens (tertiary/aromatic N) is 2. The fourth-order valence-electron chi connectivity index (χ4n) is 12.1. The summed E-state index contributed by atoms with van der Waals surface area (Å²) in [5.41, 5.74) is 19.6. The van der Waals surface area contributed by atoms with Gasteiger partial charge in [-0.25, -0.2) is 0 Å². The molecule has 11 aromatic rings. The number of hydrogen-bond acceptors (Lipinski definition) is 2. The lowest BCUT2D eigenvalue weighted by Gasteiger charge is -2.46. The summed E-state index contributed by atoms with van der Waals surface area (Å²) in [5, 5.41) is 5.10. The standard InChI is InChI=1S/C62H42N2S/c1-61(2)48-25-9-7-23-47(48)60-51(61)28-16-31-55(60)64-54-30-12-8-22-44(54)45-35-33-42(38-56(45)64)63(40-19-4-3-5-20-40)41-34-36-58-53(37-41)62(50-27-11-13-32-57(50)65-58)49-26-10-6-21-43(49)46-24-14-17-39-18-15-29-52(62)59(39)46/h3-38H,1-2H3. The number of fused-ring (bicyclic) bond motifs is 14. The summed E-state index contributed by atoms with van der Waals surface area (Å²) in [4.78, 5) is 5.05. The maximum atomic E-state index is 2.53. The van der Waals surface area contributed by atoms with Crippen molar-refractivity contribution in [2.24, 2.45) is 0 Å². The molecule has 0 saturated carbocycles. The van der Waals surface area contributed by atoms with E-state index in [0.717, 1.165) is 17.1 Å². The van der Waals surface area contributed by atoms with Gasteiger partial charge >= 0.3 is 0 Å². The topological polar surface area (TPSA) is 8.17 Å². The number of hydrogen-bond donors (Lipinski definition) is 0. The van der Waals surface area contributed by atoms with E-state index >= 15 is 0 Å². The van der Waals surface area contributed by atoms with Crippen molar-refractivity contribution >= 4 is 61.4 Å². The molecule has 1 atom stereocenters. The van der Waals surface area contributed by atoms with Crippen molar-refractivity contribution < 1.29 is 0 Å². The Kier molecular flexibility index (Phi) is 7.63. The lowest BCUT2D eigenvalue weighted by Crippen LogP contribution is -2.36. The van der Waals surface area contributed by atoms with Crippen LogP contribution >= 0.6 is 11.8 Å². The molecular weight excluding hydrogens is 805 g/mol. The molecule has 1 aromatic heterocycles. The molecule has 10 aromatic carbocycles. The molecule has 2 heterocycles. The molecule has 14 rings (SSSR count). The second-order valence-corrected chi connectivity index (χ2v) is 19.5. The van der Waals surface area contributed by atoms with E-state index in [1.165, 1.54) is 104 Å². The molecular formula is C62H42N2S. The maximum absolute atomic E-state index is 2.53. The van der Waals surface area contributed by atoms with Crippen LogP contribution in [0.4, 0.5) is 17.1 Å². The summed E-state index contributed by atoms with van der Waals surface area (Å²) < 4.78 is 2.53. The van der Waals surface area contributed by atoms with Crippen LogP contribution in [0.25, 0.3) is 60.5 Å². The summed E-state index contributed by atoms with van der Waals surface area (Å²) in [5.74, 6) is 0. The van der Waals surface area contributed by atoms with Gasteiger partial charge in [0.25, 0.3) is 0 Å². The molecule has 0 fully saturated rings. The van der Waals surface area contributed by atoms with Crippen molar-refractivity contribution in [3.8, 4) is 27.9 Å². The lowest BCUT2D eigenvalue weighted by molar-refractivity contribution is 0.660. The molecule has 0 N–H and O–H groups in total. The predicted octanol–water partition coefficient (Wildman–Crippen LogP) is 16.5. The highest BCUT2D eigenvalue weighted by molar-refractivity contribution is 7.99. The monoisotopic (exact) mass is 846 g/mol. The first-order chi connectivity index (χ1) is 32.0. The molecule has 3 aliphatic rings. The van der Waals surface area contributed by atoms with Gasteiger partial charge < -0.3 is 9.47 Å². The zero-order valence-electron chi connectivity index (χ0n) is 36.1. The quantitative estimate of drug-likeness (QED) is 0.174. The van der Waals surface area contributed by atoms with E-state index in [-0.39, 0.29) is 5.41 Å². The number of rotatable bonds is 4. The van der Waals surface area contributed by atoms with Gasteiger partial charge in [-0.2, -0.15) is 0 Å². The highest BCUT2D eigenvalue weighted by Crippen LogP contribution is 2.62. The van der Waals surface area contributed by atoms with Crippen molar-refractivity contribution in [2.75, 3.05) is 4.90 Å². The largest absolute Gasteiger partial charge is 0.310 e. The van der Waals surface area contributed by atoms with E-state index in [2.05, 4.69) is 242 Å². The van der Waals surface area contributed by atoms with Gasteiger partial charge in [0.15, 0.2) is 0 Å². The van der Waals surface area contributed by atoms with Crippen LogP contribution in [0.3, 0.4) is 0 Å². The third-order valence-electron chi connectivity index (χ3n) is 14.8. The number of aromatic nitrogens is 1. The van der Waals surface area contributed by atoms with Gasteiger partial charge in [-0.3, -0.25) is 0 Å². The van der Waals surface area contributed by atoms with Crippen LogP contribution in [0.15, 0.2) is 228 Å². The van der Waals surface area contributed by atoms with Gasteiger partial charge in [0.1, 0.15) is 0 Å². The Morgan fingerprint density at radius 3 is 1.89 bits per heavy atom. The molecule has 0 bridgehead atoms. The summed E-state index contributed by atoms with van der Waals surface area (Å²) in [6, 6.07) is 82.1. The van der Waals surface area contributed by atoms with E-state index < -0.39 is 5.41 Å². The Morgan fingerprint density at radius 1 is 0.400 bits per heavy atom. The normalized spacial score (nSPS) is 16.0. The van der Waals surface area contributed by atoms with Crippen molar-refractivity contribution in [3.05, 3.63) is 252 Å². The zero-order valence-corrected chi connectivity index (χ0v) is 36.9. The third kappa shape index (κ3) is 4.91. The van der Waals surface area contributed by atoms with Crippen molar-refractivity contribution in [3.63, 3.8) is 0 Å². The molecule has 1 aliphatic heterocycles. The second-order valence-electron chi connectivity index (χ2n) is 18.4. The van der Waals surface area contributed by atoms with Crippen molar-refractivity contribution in [1.29, 1.82) is 0 Å². The van der Waals surface area contributed by atoms with Gasteiger partial charge in [-0.15, -0.1) is 0 Å². The first kappa shape index (κ1) is 36.8. The molecule has 65 heavy (non-hydrogen) atoms. The predicted molar refractivity (Wildman–Crippen MR) is 272 cm³/mol. The molecule has 2 nitrogen and oxygen atoms in total. The maximum Gasteiger partial charge on any atom is 0.0736 e. The fourth-order valence-corrected chi connectivity index (χ4v) is 13.3. The Bertz CT molecular complexity index is 3800. The first-order valence-corrected chi connectivity index (χ1v) is 23.5.